The van der Waals surface area contributed by atoms with Crippen LogP contribution < -0.4 is 0 Å². The highest BCUT2D eigenvalue weighted by molar-refractivity contribution is 6.13. The Labute approximate surface area is 226 Å². The number of ketones is 1. The number of amides is 1. The molecular formula is C30H30N2O7. The van der Waals surface area contributed by atoms with E-state index in [0.717, 1.165) is 12.7 Å². The zero-order valence-corrected chi connectivity index (χ0v) is 22.0. The fourth-order valence-corrected chi connectivity index (χ4v) is 6.01. The molecule has 3 aliphatic rings. The number of hydrogen-bond acceptors (Lipinski definition) is 8. The summed E-state index contributed by atoms with van der Waals surface area (Å²) in [5.74, 6) is -3.85. The minimum absolute atomic E-state index is 0.159. The van der Waals surface area contributed by atoms with Gasteiger partial charge in [0.15, 0.2) is 5.78 Å². The van der Waals surface area contributed by atoms with E-state index in [1.165, 1.54) is 12.0 Å². The van der Waals surface area contributed by atoms with Crippen molar-refractivity contribution in [3.8, 4) is 0 Å². The van der Waals surface area contributed by atoms with Crippen molar-refractivity contribution in [2.45, 2.75) is 44.4 Å². The third kappa shape index (κ3) is 4.04. The van der Waals surface area contributed by atoms with Crippen LogP contribution in [0.1, 0.15) is 43.4 Å². The quantitative estimate of drug-likeness (QED) is 0.464. The highest BCUT2D eigenvalue weighted by Gasteiger charge is 2.64. The second kappa shape index (κ2) is 10.1. The Kier molecular flexibility index (Phi) is 6.86. The van der Waals surface area contributed by atoms with Gasteiger partial charge < -0.3 is 19.5 Å². The molecule has 1 saturated carbocycles. The van der Waals surface area contributed by atoms with E-state index in [4.69, 9.17) is 9.47 Å². The molecule has 9 nitrogen and oxygen atoms in total. The molecule has 0 saturated heterocycles. The van der Waals surface area contributed by atoms with Crippen molar-refractivity contribution in [2.75, 3.05) is 14.2 Å². The molecule has 39 heavy (non-hydrogen) atoms. The minimum atomic E-state index is -2.64. The molecule has 1 aliphatic carbocycles. The molecule has 5 rings (SSSR count). The van der Waals surface area contributed by atoms with Crippen molar-refractivity contribution < 1.29 is 33.8 Å². The largest absolute Gasteiger partial charge is 0.466 e. The average Bonchev–Trinajstić information content (AvgIpc) is 2.96. The van der Waals surface area contributed by atoms with Crippen molar-refractivity contribution in [3.05, 3.63) is 94.5 Å². The number of hydrogen-bond donors (Lipinski definition) is 1. The molecule has 1 fully saturated rings. The van der Waals surface area contributed by atoms with Gasteiger partial charge in [-0.3, -0.25) is 14.5 Å². The van der Waals surface area contributed by atoms with E-state index in [1.54, 1.807) is 42.2 Å². The number of methoxy groups -OCH3 is 2. The van der Waals surface area contributed by atoms with Crippen LogP contribution in [0.3, 0.4) is 0 Å². The maximum atomic E-state index is 14.4. The van der Waals surface area contributed by atoms with Crippen LogP contribution in [0.5, 0.6) is 0 Å². The molecule has 0 unspecified atom stereocenters. The number of esters is 2. The SMILES string of the molecule is COC(=O)C1=C(C)N(Cc2ccccc2)C2=C3C(=O)CCC[C@H]3[C@](O)(C(=O)OC)C(=O)N2[C@H]1c1ccccc1. The van der Waals surface area contributed by atoms with Gasteiger partial charge in [-0.05, 0) is 30.9 Å². The number of allylic oxidation sites excluding steroid dienone is 1. The van der Waals surface area contributed by atoms with E-state index in [2.05, 4.69) is 0 Å². The van der Waals surface area contributed by atoms with Crippen LogP contribution in [0.15, 0.2) is 83.3 Å². The number of carbonyl (C=O) groups is 4. The summed E-state index contributed by atoms with van der Waals surface area (Å²) in [6, 6.07) is 17.2. The zero-order chi connectivity index (χ0) is 27.9. The Balaban J connectivity index is 1.87. The summed E-state index contributed by atoms with van der Waals surface area (Å²) >= 11 is 0. The summed E-state index contributed by atoms with van der Waals surface area (Å²) < 4.78 is 10.1. The van der Waals surface area contributed by atoms with Crippen LogP contribution in [-0.2, 0) is 35.2 Å². The molecule has 0 aromatic heterocycles. The molecule has 0 radical (unpaired) electrons. The minimum Gasteiger partial charge on any atom is -0.466 e. The first kappa shape index (κ1) is 26.4. The van der Waals surface area contributed by atoms with E-state index in [0.29, 0.717) is 17.7 Å². The molecule has 202 valence electrons. The first-order chi connectivity index (χ1) is 18.7. The Bertz CT molecular complexity index is 1400. The summed E-state index contributed by atoms with van der Waals surface area (Å²) in [4.78, 5) is 57.5. The molecule has 0 bridgehead atoms. The van der Waals surface area contributed by atoms with Crippen molar-refractivity contribution in [1.29, 1.82) is 0 Å². The molecule has 1 amide bonds. The number of benzene rings is 2. The number of rotatable bonds is 5. The van der Waals surface area contributed by atoms with Crippen LogP contribution >= 0.6 is 0 Å². The van der Waals surface area contributed by atoms with Gasteiger partial charge in [0, 0.05) is 30.2 Å². The topological polar surface area (TPSA) is 113 Å². The van der Waals surface area contributed by atoms with Crippen LogP contribution in [0, 0.1) is 5.92 Å². The van der Waals surface area contributed by atoms with Gasteiger partial charge in [0.25, 0.3) is 5.91 Å². The van der Waals surface area contributed by atoms with Gasteiger partial charge in [0.05, 0.1) is 25.8 Å². The van der Waals surface area contributed by atoms with Gasteiger partial charge >= 0.3 is 11.9 Å². The second-order valence-corrected chi connectivity index (χ2v) is 9.91. The molecular weight excluding hydrogens is 500 g/mol. The molecule has 9 heteroatoms. The van der Waals surface area contributed by atoms with Crippen LogP contribution in [0.25, 0.3) is 0 Å². The monoisotopic (exact) mass is 530 g/mol. The standard InChI is InChI=1S/C30H30N2O7/c1-18-23(27(34)38-2)25(20-13-8-5-9-14-20)32-26(31(18)17-19-11-6-4-7-12-19)24-21(15-10-16-22(24)33)30(37,28(32)35)29(36)39-3/h4-9,11-14,21,25,37H,10,15-17H2,1-3H3/t21-,25+,30-/m1/s1. The lowest BCUT2D eigenvalue weighted by Gasteiger charge is -2.53. The number of aliphatic hydroxyl groups is 1. The van der Waals surface area contributed by atoms with Crippen molar-refractivity contribution in [1.82, 2.24) is 9.80 Å². The zero-order valence-electron chi connectivity index (χ0n) is 22.0. The van der Waals surface area contributed by atoms with Crippen molar-refractivity contribution in [2.24, 2.45) is 5.92 Å². The lowest BCUT2D eigenvalue weighted by atomic mass is 9.68. The summed E-state index contributed by atoms with van der Waals surface area (Å²) in [5, 5.41) is 11.8. The fourth-order valence-electron chi connectivity index (χ4n) is 6.01. The van der Waals surface area contributed by atoms with E-state index < -0.39 is 35.4 Å². The van der Waals surface area contributed by atoms with Gasteiger partial charge in [-0.2, -0.15) is 0 Å². The second-order valence-electron chi connectivity index (χ2n) is 9.91. The van der Waals surface area contributed by atoms with Crippen molar-refractivity contribution in [3.63, 3.8) is 0 Å². The molecule has 2 heterocycles. The molecule has 2 aromatic rings. The first-order valence-electron chi connectivity index (χ1n) is 12.8. The highest BCUT2D eigenvalue weighted by atomic mass is 16.5. The normalized spacial score (nSPS) is 24.8. The Morgan fingerprint density at radius 1 is 1.00 bits per heavy atom. The number of carbonyl (C=O) groups excluding carboxylic acids is 4. The van der Waals surface area contributed by atoms with E-state index in [1.807, 2.05) is 30.3 Å². The summed E-state index contributed by atoms with van der Waals surface area (Å²) in [6.45, 7) is 1.98. The van der Waals surface area contributed by atoms with Gasteiger partial charge in [-0.25, -0.2) is 9.59 Å². The third-order valence-electron chi connectivity index (χ3n) is 7.85. The molecule has 1 N–H and O–H groups in total. The lowest BCUT2D eigenvalue weighted by molar-refractivity contribution is -0.184. The summed E-state index contributed by atoms with van der Waals surface area (Å²) in [7, 11) is 2.34. The number of fused-ring (bicyclic) bond motifs is 2. The first-order valence-corrected chi connectivity index (χ1v) is 12.8. The highest BCUT2D eigenvalue weighted by Crippen LogP contribution is 2.52. The summed E-state index contributed by atoms with van der Waals surface area (Å²) in [5.41, 5.74) is -0.362. The molecule has 2 aliphatic heterocycles. The van der Waals surface area contributed by atoms with Gasteiger partial charge in [-0.1, -0.05) is 60.7 Å². The third-order valence-corrected chi connectivity index (χ3v) is 7.85. The average molecular weight is 531 g/mol. The van der Waals surface area contributed by atoms with Gasteiger partial charge in [0.1, 0.15) is 5.82 Å². The fraction of sp³-hybridized carbons (Fsp3) is 0.333. The maximum absolute atomic E-state index is 14.4. The van der Waals surface area contributed by atoms with Crippen LogP contribution in [0.2, 0.25) is 0 Å². The Morgan fingerprint density at radius 3 is 2.26 bits per heavy atom. The van der Waals surface area contributed by atoms with E-state index >= 15 is 0 Å². The smallest absolute Gasteiger partial charge is 0.348 e. The number of ether oxygens (including phenoxy) is 2. The number of nitrogens with zero attached hydrogens (tertiary/aromatic N) is 2. The predicted molar refractivity (Wildman–Crippen MR) is 139 cm³/mol. The van der Waals surface area contributed by atoms with E-state index in [-0.39, 0.29) is 42.1 Å². The van der Waals surface area contributed by atoms with Gasteiger partial charge in [-0.15, -0.1) is 0 Å². The number of Topliss-reactive ketones (excluding diaryl/α,β-unsaturated/α-hetero) is 1. The van der Waals surface area contributed by atoms with Crippen molar-refractivity contribution >= 4 is 23.6 Å². The lowest BCUT2D eigenvalue weighted by Crippen LogP contribution is -2.66. The molecule has 2 aromatic carbocycles. The van der Waals surface area contributed by atoms with Gasteiger partial charge in [0.2, 0.25) is 5.60 Å². The summed E-state index contributed by atoms with van der Waals surface area (Å²) in [6.07, 6.45) is 0.865. The Morgan fingerprint density at radius 2 is 1.64 bits per heavy atom. The molecule has 3 atom stereocenters. The Hall–Kier alpha value is -4.24. The van der Waals surface area contributed by atoms with E-state index in [9.17, 15) is 24.3 Å². The maximum Gasteiger partial charge on any atom is 0.348 e. The molecule has 0 spiro atoms. The van der Waals surface area contributed by atoms with Crippen LogP contribution in [0.4, 0.5) is 0 Å². The van der Waals surface area contributed by atoms with Crippen LogP contribution in [-0.4, -0.2) is 58.4 Å². The predicted octanol–water partition coefficient (Wildman–Crippen LogP) is 3.02.